The lowest BCUT2D eigenvalue weighted by atomic mass is 10.2. The lowest BCUT2D eigenvalue weighted by Gasteiger charge is -2.12. The van der Waals surface area contributed by atoms with Crippen LogP contribution in [0.5, 0.6) is 5.75 Å². The molecule has 0 aliphatic heterocycles. The monoisotopic (exact) mass is 295 g/mol. The van der Waals surface area contributed by atoms with Gasteiger partial charge in [-0.1, -0.05) is 6.07 Å². The number of anilines is 1. The Morgan fingerprint density at radius 3 is 2.81 bits per heavy atom. The molecule has 116 valence electrons. The molecule has 0 spiro atoms. The van der Waals surface area contributed by atoms with Crippen LogP contribution in [-0.2, 0) is 14.3 Å². The van der Waals surface area contributed by atoms with E-state index in [1.807, 2.05) is 0 Å². The highest BCUT2D eigenvalue weighted by molar-refractivity contribution is 5.94. The van der Waals surface area contributed by atoms with Crippen molar-refractivity contribution in [3.8, 4) is 5.75 Å². The largest absolute Gasteiger partial charge is 0.484 e. The summed E-state index contributed by atoms with van der Waals surface area (Å²) in [6.45, 7) is 0.338. The molecule has 0 saturated heterocycles. The van der Waals surface area contributed by atoms with Gasteiger partial charge < -0.3 is 25.8 Å². The van der Waals surface area contributed by atoms with Gasteiger partial charge >= 0.3 is 0 Å². The van der Waals surface area contributed by atoms with Crippen molar-refractivity contribution in [1.29, 1.82) is 0 Å². The molecule has 1 atom stereocenters. The molecule has 21 heavy (non-hydrogen) atoms. The van der Waals surface area contributed by atoms with Gasteiger partial charge in [-0.05, 0) is 18.6 Å². The minimum atomic E-state index is -0.639. The molecule has 1 unspecified atom stereocenters. The molecule has 0 aromatic heterocycles. The number of hydrogen-bond donors (Lipinski definition) is 3. The molecule has 0 fully saturated rings. The predicted octanol–water partition coefficient (Wildman–Crippen LogP) is 0.114. The van der Waals surface area contributed by atoms with Gasteiger partial charge in [0.1, 0.15) is 5.75 Å². The number of amides is 2. The zero-order valence-electron chi connectivity index (χ0n) is 12.2. The predicted molar refractivity (Wildman–Crippen MR) is 79.1 cm³/mol. The van der Waals surface area contributed by atoms with E-state index in [4.69, 9.17) is 15.2 Å². The number of methoxy groups -OCH3 is 1. The molecule has 7 nitrogen and oxygen atoms in total. The summed E-state index contributed by atoms with van der Waals surface area (Å²) >= 11 is 0. The number of nitrogens with one attached hydrogen (secondary N) is 2. The zero-order chi connectivity index (χ0) is 15.7. The number of carbonyl (C=O) groups is 2. The summed E-state index contributed by atoms with van der Waals surface area (Å²) in [6, 6.07) is 6.12. The second-order valence-corrected chi connectivity index (χ2v) is 4.37. The smallest absolute Gasteiger partial charge is 0.257 e. The van der Waals surface area contributed by atoms with Crippen LogP contribution in [0.2, 0.25) is 0 Å². The Morgan fingerprint density at radius 1 is 1.38 bits per heavy atom. The third kappa shape index (κ3) is 6.24. The highest BCUT2D eigenvalue weighted by Gasteiger charge is 2.13. The van der Waals surface area contributed by atoms with Crippen LogP contribution >= 0.6 is 0 Å². The van der Waals surface area contributed by atoms with Crippen LogP contribution in [0.3, 0.4) is 0 Å². The van der Waals surface area contributed by atoms with Gasteiger partial charge in [0.15, 0.2) is 6.61 Å². The number of hydrogen-bond acceptors (Lipinski definition) is 5. The molecule has 0 bridgehead atoms. The third-order valence-electron chi connectivity index (χ3n) is 2.72. The number of likely N-dealkylation sites (N-methyl/N-ethyl adjacent to an activating group) is 1. The van der Waals surface area contributed by atoms with E-state index in [0.717, 1.165) is 0 Å². The summed E-state index contributed by atoms with van der Waals surface area (Å²) in [7, 11) is 3.08. The number of carbonyl (C=O) groups excluding carboxylic acids is 2. The van der Waals surface area contributed by atoms with Gasteiger partial charge in [0.2, 0.25) is 5.91 Å². The first-order valence-electron chi connectivity index (χ1n) is 6.55. The van der Waals surface area contributed by atoms with Gasteiger partial charge in [0.05, 0.1) is 6.04 Å². The fraction of sp³-hybridized carbons (Fsp3) is 0.429. The first-order chi connectivity index (χ1) is 10.1. The minimum Gasteiger partial charge on any atom is -0.484 e. The number of ether oxygens (including phenoxy) is 2. The molecular formula is C14H21N3O4. The van der Waals surface area contributed by atoms with E-state index in [0.29, 0.717) is 24.5 Å². The summed E-state index contributed by atoms with van der Waals surface area (Å²) in [5.41, 5.74) is 6.29. The highest BCUT2D eigenvalue weighted by atomic mass is 16.5. The Labute approximate surface area is 123 Å². The van der Waals surface area contributed by atoms with Gasteiger partial charge in [-0.15, -0.1) is 0 Å². The maximum absolute atomic E-state index is 11.8. The second-order valence-electron chi connectivity index (χ2n) is 4.37. The third-order valence-corrected chi connectivity index (χ3v) is 2.72. The quantitative estimate of drug-likeness (QED) is 0.632. The molecule has 1 aromatic carbocycles. The van der Waals surface area contributed by atoms with E-state index in [1.165, 1.54) is 7.05 Å². The average molecular weight is 295 g/mol. The molecule has 0 heterocycles. The Morgan fingerprint density at radius 2 is 2.14 bits per heavy atom. The van der Waals surface area contributed by atoms with Crippen molar-refractivity contribution in [2.75, 3.05) is 32.7 Å². The van der Waals surface area contributed by atoms with Crippen molar-refractivity contribution in [2.24, 2.45) is 5.73 Å². The van der Waals surface area contributed by atoms with Crippen LogP contribution in [0.1, 0.15) is 6.42 Å². The number of rotatable bonds is 8. The van der Waals surface area contributed by atoms with Gasteiger partial charge in [0.25, 0.3) is 5.91 Å². The molecule has 2 amide bonds. The highest BCUT2D eigenvalue weighted by Crippen LogP contribution is 2.17. The summed E-state index contributed by atoms with van der Waals surface area (Å²) in [5, 5.41) is 5.15. The molecule has 4 N–H and O–H groups in total. The first kappa shape index (κ1) is 16.9. The summed E-state index contributed by atoms with van der Waals surface area (Å²) in [5.74, 6) is -0.0385. The SMILES string of the molecule is CNC(=O)COc1cccc(NC(=O)C(N)CCOC)c1. The van der Waals surface area contributed by atoms with E-state index >= 15 is 0 Å². The molecule has 0 radical (unpaired) electrons. The lowest BCUT2D eigenvalue weighted by Crippen LogP contribution is -2.36. The van der Waals surface area contributed by atoms with Crippen molar-refractivity contribution in [3.05, 3.63) is 24.3 Å². The molecule has 0 aliphatic rings. The lowest BCUT2D eigenvalue weighted by molar-refractivity contribution is -0.122. The summed E-state index contributed by atoms with van der Waals surface area (Å²) in [6.07, 6.45) is 0.440. The minimum absolute atomic E-state index is 0.0821. The second kappa shape index (κ2) is 8.93. The van der Waals surface area contributed by atoms with Crippen LogP contribution < -0.4 is 21.1 Å². The van der Waals surface area contributed by atoms with E-state index in [2.05, 4.69) is 10.6 Å². The van der Waals surface area contributed by atoms with Crippen LogP contribution in [0.4, 0.5) is 5.69 Å². The van der Waals surface area contributed by atoms with Crippen LogP contribution in [0.25, 0.3) is 0 Å². The van der Waals surface area contributed by atoms with Crippen LogP contribution in [-0.4, -0.2) is 45.2 Å². The molecule has 0 aliphatic carbocycles. The average Bonchev–Trinajstić information content (AvgIpc) is 2.50. The Bertz CT molecular complexity index is 479. The maximum Gasteiger partial charge on any atom is 0.257 e. The fourth-order valence-corrected chi connectivity index (χ4v) is 1.50. The van der Waals surface area contributed by atoms with E-state index in [-0.39, 0.29) is 18.4 Å². The van der Waals surface area contributed by atoms with Crippen molar-refractivity contribution in [2.45, 2.75) is 12.5 Å². The molecule has 0 saturated carbocycles. The van der Waals surface area contributed by atoms with Crippen LogP contribution in [0.15, 0.2) is 24.3 Å². The van der Waals surface area contributed by atoms with E-state index < -0.39 is 6.04 Å². The van der Waals surface area contributed by atoms with Crippen molar-refractivity contribution < 1.29 is 19.1 Å². The first-order valence-corrected chi connectivity index (χ1v) is 6.55. The maximum atomic E-state index is 11.8. The molecule has 1 aromatic rings. The number of benzene rings is 1. The van der Waals surface area contributed by atoms with Crippen molar-refractivity contribution >= 4 is 17.5 Å². The Kier molecular flexibility index (Phi) is 7.20. The fourth-order valence-electron chi connectivity index (χ4n) is 1.50. The van der Waals surface area contributed by atoms with Gasteiger partial charge in [-0.25, -0.2) is 0 Å². The van der Waals surface area contributed by atoms with Gasteiger partial charge in [-0.2, -0.15) is 0 Å². The topological polar surface area (TPSA) is 103 Å². The Hall–Kier alpha value is -2.12. The van der Waals surface area contributed by atoms with Crippen molar-refractivity contribution in [1.82, 2.24) is 5.32 Å². The number of nitrogens with two attached hydrogens (primary N) is 1. The van der Waals surface area contributed by atoms with E-state index in [9.17, 15) is 9.59 Å². The summed E-state index contributed by atoms with van der Waals surface area (Å²) in [4.78, 5) is 22.9. The molecule has 1 rings (SSSR count). The zero-order valence-corrected chi connectivity index (χ0v) is 12.2. The Balaban J connectivity index is 2.55. The summed E-state index contributed by atoms with van der Waals surface area (Å²) < 4.78 is 10.2. The molecular weight excluding hydrogens is 274 g/mol. The standard InChI is InChI=1S/C14H21N3O4/c1-16-13(18)9-21-11-5-3-4-10(8-11)17-14(19)12(15)6-7-20-2/h3-5,8,12H,6-7,9,15H2,1-2H3,(H,16,18)(H,17,19). The normalized spacial score (nSPS) is 11.6. The van der Waals surface area contributed by atoms with Crippen molar-refractivity contribution in [3.63, 3.8) is 0 Å². The van der Waals surface area contributed by atoms with Crippen LogP contribution in [0, 0.1) is 0 Å². The van der Waals surface area contributed by atoms with E-state index in [1.54, 1.807) is 31.4 Å². The molecule has 7 heteroatoms. The van der Waals surface area contributed by atoms with Gasteiger partial charge in [0, 0.05) is 32.5 Å². The van der Waals surface area contributed by atoms with Gasteiger partial charge in [-0.3, -0.25) is 9.59 Å².